The number of nitrogen functional groups attached to an aromatic ring is 1. The van der Waals surface area contributed by atoms with Gasteiger partial charge in [-0.05, 0) is 31.3 Å². The van der Waals surface area contributed by atoms with Gasteiger partial charge < -0.3 is 20.7 Å². The molecule has 0 aliphatic carbocycles. The van der Waals surface area contributed by atoms with Crippen molar-refractivity contribution in [3.8, 4) is 0 Å². The number of nitrogens with two attached hydrogens (primary N) is 1. The maximum atomic E-state index is 11.9. The summed E-state index contributed by atoms with van der Waals surface area (Å²) in [6, 6.07) is 0. The van der Waals surface area contributed by atoms with Crippen LogP contribution in [0.2, 0.25) is 0 Å². The number of esters is 1. The van der Waals surface area contributed by atoms with Crippen LogP contribution in [-0.2, 0) is 9.53 Å². The van der Waals surface area contributed by atoms with Gasteiger partial charge in [-0.1, -0.05) is 0 Å². The van der Waals surface area contributed by atoms with Crippen LogP contribution < -0.4 is 11.1 Å². The second-order valence-corrected chi connectivity index (χ2v) is 5.21. The summed E-state index contributed by atoms with van der Waals surface area (Å²) < 4.78 is 8.85. The number of aromatic nitrogens is 1. The second-order valence-electron chi connectivity index (χ2n) is 4.43. The van der Waals surface area contributed by atoms with E-state index >= 15 is 0 Å². The lowest BCUT2D eigenvalue weighted by Crippen LogP contribution is -2.33. The van der Waals surface area contributed by atoms with Gasteiger partial charge in [-0.25, -0.2) is 4.79 Å². The first-order chi connectivity index (χ1) is 9.63. The number of ether oxygens (including phenoxy) is 1. The molecule has 110 valence electrons. The van der Waals surface area contributed by atoms with E-state index in [4.69, 9.17) is 10.5 Å². The predicted octanol–water partition coefficient (Wildman–Crippen LogP) is 0.936. The molecule has 1 fully saturated rings. The Balaban J connectivity index is 1.99. The minimum Gasteiger partial charge on any atom is -0.462 e. The molecule has 0 aromatic carbocycles. The quantitative estimate of drug-likeness (QED) is 0.785. The molecule has 2 heterocycles. The van der Waals surface area contributed by atoms with Gasteiger partial charge in [0, 0.05) is 13.1 Å². The maximum Gasteiger partial charge on any atom is 0.344 e. The summed E-state index contributed by atoms with van der Waals surface area (Å²) in [4.78, 5) is 25.5. The number of carbonyl (C=O) groups is 2. The zero-order valence-corrected chi connectivity index (χ0v) is 12.2. The summed E-state index contributed by atoms with van der Waals surface area (Å²) in [5.74, 6) is -0.372. The number of rotatable bonds is 5. The fourth-order valence-electron chi connectivity index (χ4n) is 2.06. The van der Waals surface area contributed by atoms with Gasteiger partial charge in [0.25, 0.3) is 0 Å². The molecule has 3 N–H and O–H groups in total. The smallest absolute Gasteiger partial charge is 0.344 e. The van der Waals surface area contributed by atoms with Gasteiger partial charge in [0.05, 0.1) is 13.2 Å². The number of hydrogen-bond acceptors (Lipinski definition) is 7. The van der Waals surface area contributed by atoms with Crippen molar-refractivity contribution in [2.24, 2.45) is 0 Å². The molecule has 0 atom stereocenters. The molecule has 0 unspecified atom stereocenters. The molecule has 1 saturated heterocycles. The van der Waals surface area contributed by atoms with Crippen molar-refractivity contribution in [3.63, 3.8) is 0 Å². The summed E-state index contributed by atoms with van der Waals surface area (Å²) in [5, 5.41) is 3.41. The van der Waals surface area contributed by atoms with E-state index in [1.807, 2.05) is 0 Å². The Bertz CT molecular complexity index is 497. The summed E-state index contributed by atoms with van der Waals surface area (Å²) >= 11 is 1.06. The molecule has 0 bridgehead atoms. The molecule has 2 rings (SSSR count). The highest BCUT2D eigenvalue weighted by Crippen LogP contribution is 2.27. The fraction of sp³-hybridized carbons (Fsp3) is 0.583. The van der Waals surface area contributed by atoms with E-state index in [9.17, 15) is 9.59 Å². The van der Waals surface area contributed by atoms with Crippen molar-refractivity contribution in [1.29, 1.82) is 0 Å². The van der Waals surface area contributed by atoms with Gasteiger partial charge in [0.15, 0.2) is 5.82 Å². The van der Waals surface area contributed by atoms with E-state index < -0.39 is 5.97 Å². The predicted molar refractivity (Wildman–Crippen MR) is 76.8 cm³/mol. The topological polar surface area (TPSA) is 97.5 Å². The second kappa shape index (κ2) is 6.56. The number of likely N-dealkylation sites (tertiary alicyclic amines) is 1. The number of nitrogens with zero attached hydrogens (tertiary/aromatic N) is 2. The van der Waals surface area contributed by atoms with Crippen molar-refractivity contribution < 1.29 is 14.3 Å². The molecule has 1 aromatic heterocycles. The Morgan fingerprint density at radius 2 is 2.15 bits per heavy atom. The number of nitrogens with one attached hydrogen (secondary N) is 1. The molecule has 1 amide bonds. The van der Waals surface area contributed by atoms with Crippen molar-refractivity contribution >= 4 is 34.2 Å². The van der Waals surface area contributed by atoms with Gasteiger partial charge in [-0.2, -0.15) is 4.37 Å². The fourth-order valence-corrected chi connectivity index (χ4v) is 2.75. The number of anilines is 2. The summed E-state index contributed by atoms with van der Waals surface area (Å²) in [5.41, 5.74) is 5.88. The lowest BCUT2D eigenvalue weighted by Gasteiger charge is -2.15. The first kappa shape index (κ1) is 14.6. The molecular formula is C12H18N4O3S. The van der Waals surface area contributed by atoms with Crippen molar-refractivity contribution in [2.75, 3.05) is 37.3 Å². The van der Waals surface area contributed by atoms with Gasteiger partial charge in [0.1, 0.15) is 10.6 Å². The molecule has 0 radical (unpaired) electrons. The van der Waals surface area contributed by atoms with Crippen LogP contribution in [0, 0.1) is 0 Å². The normalized spacial score (nSPS) is 14.3. The van der Waals surface area contributed by atoms with Gasteiger partial charge in [-0.3, -0.25) is 4.79 Å². The molecule has 8 heteroatoms. The maximum absolute atomic E-state index is 11.9. The Kier molecular flexibility index (Phi) is 4.78. The van der Waals surface area contributed by atoms with E-state index in [0.29, 0.717) is 5.00 Å². The Hall–Kier alpha value is -1.83. The highest BCUT2D eigenvalue weighted by molar-refractivity contribution is 7.11. The Morgan fingerprint density at radius 3 is 2.80 bits per heavy atom. The third kappa shape index (κ3) is 3.19. The van der Waals surface area contributed by atoms with Crippen molar-refractivity contribution in [3.05, 3.63) is 5.56 Å². The van der Waals surface area contributed by atoms with Gasteiger partial charge >= 0.3 is 5.97 Å². The molecule has 1 aliphatic heterocycles. The molecular weight excluding hydrogens is 280 g/mol. The lowest BCUT2D eigenvalue weighted by atomic mass is 10.3. The van der Waals surface area contributed by atoms with Gasteiger partial charge in [0.2, 0.25) is 5.91 Å². The van der Waals surface area contributed by atoms with Crippen LogP contribution in [0.1, 0.15) is 30.1 Å². The SMILES string of the molecule is CCOC(=O)c1c(N)nsc1NCC(=O)N1CCCC1. The summed E-state index contributed by atoms with van der Waals surface area (Å²) in [7, 11) is 0. The van der Waals surface area contributed by atoms with E-state index in [-0.39, 0.29) is 30.4 Å². The van der Waals surface area contributed by atoms with Crippen LogP contribution in [-0.4, -0.2) is 47.4 Å². The standard InChI is InChI=1S/C12H18N4O3S/c1-2-19-12(18)9-10(13)15-20-11(9)14-7-8(17)16-5-3-4-6-16/h14H,2-7H2,1H3,(H2,13,15). The molecule has 20 heavy (non-hydrogen) atoms. The average molecular weight is 298 g/mol. The van der Waals surface area contributed by atoms with E-state index in [0.717, 1.165) is 37.5 Å². The molecule has 7 nitrogen and oxygen atoms in total. The summed E-state index contributed by atoms with van der Waals surface area (Å²) in [6.45, 7) is 3.72. The zero-order valence-electron chi connectivity index (χ0n) is 11.3. The first-order valence-corrected chi connectivity index (χ1v) is 7.34. The molecule has 1 aromatic rings. The van der Waals surface area contributed by atoms with Crippen LogP contribution in [0.25, 0.3) is 0 Å². The molecule has 0 saturated carbocycles. The Morgan fingerprint density at radius 1 is 1.45 bits per heavy atom. The van der Waals surface area contributed by atoms with Crippen LogP contribution >= 0.6 is 11.5 Å². The van der Waals surface area contributed by atoms with Crippen molar-refractivity contribution in [1.82, 2.24) is 9.27 Å². The van der Waals surface area contributed by atoms with Crippen LogP contribution in [0.4, 0.5) is 10.8 Å². The third-order valence-corrected chi connectivity index (χ3v) is 3.88. The molecule has 1 aliphatic rings. The van der Waals surface area contributed by atoms with Crippen LogP contribution in [0.3, 0.4) is 0 Å². The van der Waals surface area contributed by atoms with Gasteiger partial charge in [-0.15, -0.1) is 0 Å². The lowest BCUT2D eigenvalue weighted by molar-refractivity contribution is -0.128. The summed E-state index contributed by atoms with van der Waals surface area (Å²) in [6.07, 6.45) is 2.10. The largest absolute Gasteiger partial charge is 0.462 e. The number of amides is 1. The number of hydrogen-bond donors (Lipinski definition) is 2. The highest BCUT2D eigenvalue weighted by Gasteiger charge is 2.22. The monoisotopic (exact) mass is 298 g/mol. The highest BCUT2D eigenvalue weighted by atomic mass is 32.1. The third-order valence-electron chi connectivity index (χ3n) is 3.06. The van der Waals surface area contributed by atoms with E-state index in [1.165, 1.54) is 0 Å². The Labute approximate surface area is 121 Å². The van der Waals surface area contributed by atoms with Crippen molar-refractivity contribution in [2.45, 2.75) is 19.8 Å². The van der Waals surface area contributed by atoms with Crippen LogP contribution in [0.5, 0.6) is 0 Å². The number of carbonyl (C=O) groups excluding carboxylic acids is 2. The van der Waals surface area contributed by atoms with E-state index in [1.54, 1.807) is 11.8 Å². The molecule has 0 spiro atoms. The van der Waals surface area contributed by atoms with E-state index in [2.05, 4.69) is 9.69 Å². The average Bonchev–Trinajstić information content (AvgIpc) is 3.05. The first-order valence-electron chi connectivity index (χ1n) is 6.57. The minimum absolute atomic E-state index is 0.0179. The minimum atomic E-state index is -0.519. The van der Waals surface area contributed by atoms with Crippen LogP contribution in [0.15, 0.2) is 0 Å². The zero-order chi connectivity index (χ0) is 14.5.